The molecule has 0 atom stereocenters. The maximum absolute atomic E-state index is 13.5. The third-order valence-electron chi connectivity index (χ3n) is 3.80. The highest BCUT2D eigenvalue weighted by Crippen LogP contribution is 2.29. The minimum Gasteiger partial charge on any atom is -0.296 e. The van der Waals surface area contributed by atoms with Gasteiger partial charge < -0.3 is 0 Å². The summed E-state index contributed by atoms with van der Waals surface area (Å²) in [6, 6.07) is 2.76. The molecule has 1 heterocycles. The van der Waals surface area contributed by atoms with Crippen LogP contribution in [0.4, 0.5) is 13.9 Å². The van der Waals surface area contributed by atoms with Crippen LogP contribution in [-0.2, 0) is 6.42 Å². The van der Waals surface area contributed by atoms with Gasteiger partial charge in [0.15, 0.2) is 0 Å². The number of anilines is 1. The zero-order valence-corrected chi connectivity index (χ0v) is 12.6. The Bertz CT molecular complexity index is 683. The third kappa shape index (κ3) is 3.47. The van der Waals surface area contributed by atoms with Crippen LogP contribution >= 0.6 is 11.3 Å². The van der Waals surface area contributed by atoms with Gasteiger partial charge in [0.2, 0.25) is 5.13 Å². The third-order valence-corrected chi connectivity index (χ3v) is 4.66. The topological polar surface area (TPSA) is 54.9 Å². The Morgan fingerprint density at radius 2 is 2.05 bits per heavy atom. The quantitative estimate of drug-likeness (QED) is 0.931. The van der Waals surface area contributed by atoms with E-state index in [4.69, 9.17) is 0 Å². The van der Waals surface area contributed by atoms with Crippen molar-refractivity contribution in [2.45, 2.75) is 32.1 Å². The first kappa shape index (κ1) is 15.0. The van der Waals surface area contributed by atoms with Crippen molar-refractivity contribution >= 4 is 22.4 Å². The average Bonchev–Trinajstić information content (AvgIpc) is 3.14. The Morgan fingerprint density at radius 1 is 1.27 bits per heavy atom. The van der Waals surface area contributed by atoms with Gasteiger partial charge in [0, 0.05) is 6.42 Å². The second kappa shape index (κ2) is 6.48. The lowest BCUT2D eigenvalue weighted by Crippen LogP contribution is -2.14. The van der Waals surface area contributed by atoms with Gasteiger partial charge in [-0.05, 0) is 24.1 Å². The van der Waals surface area contributed by atoms with Crippen molar-refractivity contribution in [3.8, 4) is 0 Å². The lowest BCUT2D eigenvalue weighted by Gasteiger charge is -2.04. The number of hydrogen-bond acceptors (Lipinski definition) is 4. The summed E-state index contributed by atoms with van der Waals surface area (Å²) in [6.07, 6.45) is 5.78. The van der Waals surface area contributed by atoms with Crippen molar-refractivity contribution in [3.63, 3.8) is 0 Å². The number of hydrogen-bond donors (Lipinski definition) is 1. The van der Waals surface area contributed by atoms with Crippen molar-refractivity contribution in [1.82, 2.24) is 10.2 Å². The molecule has 116 valence electrons. The van der Waals surface area contributed by atoms with E-state index in [0.717, 1.165) is 29.6 Å². The molecule has 1 amide bonds. The molecule has 1 fully saturated rings. The van der Waals surface area contributed by atoms with E-state index in [-0.39, 0.29) is 5.56 Å². The molecule has 0 unspecified atom stereocenters. The molecule has 7 heteroatoms. The molecule has 0 radical (unpaired) electrons. The van der Waals surface area contributed by atoms with E-state index in [1.807, 2.05) is 0 Å². The van der Waals surface area contributed by atoms with Crippen LogP contribution in [0.1, 0.15) is 41.0 Å². The second-order valence-corrected chi connectivity index (χ2v) is 6.50. The van der Waals surface area contributed by atoms with Gasteiger partial charge in [0.25, 0.3) is 5.91 Å². The summed E-state index contributed by atoms with van der Waals surface area (Å²) in [5, 5.41) is 11.6. The molecule has 4 nitrogen and oxygen atoms in total. The van der Waals surface area contributed by atoms with Crippen LogP contribution in [0, 0.1) is 17.6 Å². The summed E-state index contributed by atoms with van der Waals surface area (Å²) < 4.78 is 26.6. The van der Waals surface area contributed by atoms with Crippen LogP contribution in [0.3, 0.4) is 0 Å². The number of nitrogens with one attached hydrogen (secondary N) is 1. The molecular weight excluding hydrogens is 308 g/mol. The van der Waals surface area contributed by atoms with Gasteiger partial charge in [-0.3, -0.25) is 10.1 Å². The number of carbonyl (C=O) groups is 1. The number of benzene rings is 1. The van der Waals surface area contributed by atoms with Crippen LogP contribution < -0.4 is 5.32 Å². The molecule has 2 aromatic rings. The van der Waals surface area contributed by atoms with Gasteiger partial charge in [0.1, 0.15) is 16.6 Å². The summed E-state index contributed by atoms with van der Waals surface area (Å²) in [4.78, 5) is 12.0. The lowest BCUT2D eigenvalue weighted by atomic mass is 10.1. The van der Waals surface area contributed by atoms with Gasteiger partial charge in [-0.15, -0.1) is 10.2 Å². The first-order chi connectivity index (χ1) is 10.6. The minimum absolute atomic E-state index is 0.307. The molecule has 0 spiro atoms. The fourth-order valence-electron chi connectivity index (χ4n) is 2.68. The van der Waals surface area contributed by atoms with Gasteiger partial charge in [-0.2, -0.15) is 0 Å². The molecule has 0 saturated heterocycles. The van der Waals surface area contributed by atoms with E-state index in [0.29, 0.717) is 11.0 Å². The fraction of sp³-hybridized carbons (Fsp3) is 0.400. The molecule has 0 aliphatic heterocycles. The monoisotopic (exact) mass is 323 g/mol. The highest BCUT2D eigenvalue weighted by molar-refractivity contribution is 7.15. The number of aromatic nitrogens is 2. The van der Waals surface area contributed by atoms with E-state index in [1.165, 1.54) is 37.0 Å². The smallest absolute Gasteiger partial charge is 0.260 e. The molecule has 1 aromatic heterocycles. The Labute approximate surface area is 130 Å². The van der Waals surface area contributed by atoms with Crippen LogP contribution in [-0.4, -0.2) is 16.1 Å². The van der Waals surface area contributed by atoms with Gasteiger partial charge in [-0.1, -0.05) is 37.0 Å². The summed E-state index contributed by atoms with van der Waals surface area (Å²) in [5.41, 5.74) is -0.340. The maximum Gasteiger partial charge on any atom is 0.260 e. The van der Waals surface area contributed by atoms with Crippen molar-refractivity contribution < 1.29 is 13.6 Å². The zero-order chi connectivity index (χ0) is 15.5. The van der Waals surface area contributed by atoms with Crippen molar-refractivity contribution in [1.29, 1.82) is 0 Å². The Kier molecular flexibility index (Phi) is 4.42. The van der Waals surface area contributed by atoms with Gasteiger partial charge in [0.05, 0.1) is 5.56 Å². The molecule has 0 bridgehead atoms. The first-order valence-corrected chi connectivity index (χ1v) is 8.02. The van der Waals surface area contributed by atoms with E-state index < -0.39 is 17.5 Å². The molecule has 1 aliphatic carbocycles. The van der Waals surface area contributed by atoms with Crippen LogP contribution in [0.15, 0.2) is 18.2 Å². The normalized spacial score (nSPS) is 15.2. The SMILES string of the molecule is O=C(Nc1nnc(CC2CCCC2)s1)c1cc(F)ccc1F. The zero-order valence-electron chi connectivity index (χ0n) is 11.8. The Morgan fingerprint density at radius 3 is 2.82 bits per heavy atom. The van der Waals surface area contributed by atoms with Crippen molar-refractivity contribution in [2.75, 3.05) is 5.32 Å². The lowest BCUT2D eigenvalue weighted by molar-refractivity contribution is 0.102. The van der Waals surface area contributed by atoms with Crippen LogP contribution in [0.25, 0.3) is 0 Å². The highest BCUT2D eigenvalue weighted by atomic mass is 32.1. The van der Waals surface area contributed by atoms with E-state index in [2.05, 4.69) is 15.5 Å². The summed E-state index contributed by atoms with van der Waals surface area (Å²) >= 11 is 1.28. The molecule has 1 aromatic carbocycles. The summed E-state index contributed by atoms with van der Waals surface area (Å²) in [6.45, 7) is 0. The molecule has 1 aliphatic rings. The number of amides is 1. The maximum atomic E-state index is 13.5. The average molecular weight is 323 g/mol. The predicted molar refractivity (Wildman–Crippen MR) is 79.9 cm³/mol. The van der Waals surface area contributed by atoms with E-state index in [9.17, 15) is 13.6 Å². The molecule has 22 heavy (non-hydrogen) atoms. The number of rotatable bonds is 4. The molecule has 1 N–H and O–H groups in total. The fourth-order valence-corrected chi connectivity index (χ4v) is 3.53. The Balaban J connectivity index is 1.66. The van der Waals surface area contributed by atoms with Gasteiger partial charge in [-0.25, -0.2) is 8.78 Å². The van der Waals surface area contributed by atoms with E-state index >= 15 is 0 Å². The van der Waals surface area contributed by atoms with E-state index in [1.54, 1.807) is 0 Å². The summed E-state index contributed by atoms with van der Waals surface area (Å²) in [5.74, 6) is -1.52. The van der Waals surface area contributed by atoms with Crippen LogP contribution in [0.5, 0.6) is 0 Å². The number of halogens is 2. The standard InChI is InChI=1S/C15H15F2N3OS/c16-10-5-6-12(17)11(8-10)14(21)18-15-20-19-13(22-15)7-9-3-1-2-4-9/h5-6,8-9H,1-4,7H2,(H,18,20,21). The van der Waals surface area contributed by atoms with Crippen LogP contribution in [0.2, 0.25) is 0 Å². The molecule has 3 rings (SSSR count). The van der Waals surface area contributed by atoms with Crippen molar-refractivity contribution in [3.05, 3.63) is 40.4 Å². The van der Waals surface area contributed by atoms with Crippen molar-refractivity contribution in [2.24, 2.45) is 5.92 Å². The minimum atomic E-state index is -0.769. The molecule has 1 saturated carbocycles. The Hall–Kier alpha value is -1.89. The number of nitrogens with zero attached hydrogens (tertiary/aromatic N) is 2. The number of carbonyl (C=O) groups excluding carboxylic acids is 1. The highest BCUT2D eigenvalue weighted by Gasteiger charge is 2.19. The van der Waals surface area contributed by atoms with Gasteiger partial charge >= 0.3 is 0 Å². The second-order valence-electron chi connectivity index (χ2n) is 5.43. The largest absolute Gasteiger partial charge is 0.296 e. The summed E-state index contributed by atoms with van der Waals surface area (Å²) in [7, 11) is 0. The first-order valence-electron chi connectivity index (χ1n) is 7.20. The molecular formula is C15H15F2N3OS. The predicted octanol–water partition coefficient (Wildman–Crippen LogP) is 3.80.